The lowest BCUT2D eigenvalue weighted by molar-refractivity contribution is 0.0158. The van der Waals surface area contributed by atoms with Gasteiger partial charge in [-0.05, 0) is 92.4 Å². The molecule has 2 bridgehead atoms. The van der Waals surface area contributed by atoms with Gasteiger partial charge in [0.05, 0.1) is 12.8 Å². The number of rotatable bonds is 7. The highest BCUT2D eigenvalue weighted by molar-refractivity contribution is 5.44. The summed E-state index contributed by atoms with van der Waals surface area (Å²) < 4.78 is 5.45. The van der Waals surface area contributed by atoms with Gasteiger partial charge in [0, 0.05) is 18.0 Å². The minimum atomic E-state index is 0.160. The molecule has 1 saturated heterocycles. The van der Waals surface area contributed by atoms with Gasteiger partial charge in [-0.3, -0.25) is 4.90 Å². The van der Waals surface area contributed by atoms with E-state index < -0.39 is 0 Å². The summed E-state index contributed by atoms with van der Waals surface area (Å²) in [6.45, 7) is 6.69. The maximum absolute atomic E-state index is 10.2. The molecule has 0 radical (unpaired) electrons. The molecule has 5 rings (SSSR count). The Hall–Kier alpha value is -1.78. The number of phenols is 1. The van der Waals surface area contributed by atoms with E-state index in [1.165, 1.54) is 43.5 Å². The number of fused-ring (bicyclic) bond motifs is 4. The Kier molecular flexibility index (Phi) is 4.72. The normalized spacial score (nSPS) is 29.6. The summed E-state index contributed by atoms with van der Waals surface area (Å²) >= 11 is 0. The Morgan fingerprint density at radius 3 is 2.96 bits per heavy atom. The average molecular weight is 381 g/mol. The van der Waals surface area contributed by atoms with Crippen molar-refractivity contribution >= 4 is 0 Å². The van der Waals surface area contributed by atoms with Crippen LogP contribution in [-0.4, -0.2) is 35.7 Å². The van der Waals surface area contributed by atoms with E-state index in [0.717, 1.165) is 37.6 Å². The van der Waals surface area contributed by atoms with Crippen LogP contribution >= 0.6 is 0 Å². The fourth-order valence-corrected chi connectivity index (χ4v) is 5.82. The van der Waals surface area contributed by atoms with Crippen LogP contribution in [0.1, 0.15) is 49.5 Å². The van der Waals surface area contributed by atoms with Gasteiger partial charge in [0.25, 0.3) is 0 Å². The first-order chi connectivity index (χ1) is 13.7. The Morgan fingerprint density at radius 2 is 2.18 bits per heavy atom. The zero-order chi connectivity index (χ0) is 19.1. The predicted molar refractivity (Wildman–Crippen MR) is 110 cm³/mol. The molecule has 2 heterocycles. The van der Waals surface area contributed by atoms with Crippen LogP contribution in [-0.2, 0) is 18.4 Å². The van der Waals surface area contributed by atoms with E-state index in [0.29, 0.717) is 17.7 Å². The van der Waals surface area contributed by atoms with Crippen LogP contribution in [0.5, 0.6) is 5.75 Å². The van der Waals surface area contributed by atoms with Crippen molar-refractivity contribution in [2.75, 3.05) is 19.6 Å². The van der Waals surface area contributed by atoms with Crippen LogP contribution in [0.3, 0.4) is 0 Å². The van der Waals surface area contributed by atoms with Crippen molar-refractivity contribution < 1.29 is 9.52 Å². The molecule has 150 valence electrons. The summed E-state index contributed by atoms with van der Waals surface area (Å²) in [5.74, 6) is 2.95. The van der Waals surface area contributed by atoms with Gasteiger partial charge in [-0.2, -0.15) is 0 Å². The van der Waals surface area contributed by atoms with Gasteiger partial charge >= 0.3 is 0 Å². The highest BCUT2D eigenvalue weighted by Crippen LogP contribution is 2.52. The summed E-state index contributed by atoms with van der Waals surface area (Å²) in [7, 11) is 0. The molecule has 1 aromatic heterocycles. The Labute approximate surface area is 167 Å². The monoisotopic (exact) mass is 380 g/mol. The van der Waals surface area contributed by atoms with E-state index in [1.807, 2.05) is 18.2 Å². The fraction of sp³-hybridized carbons (Fsp3) is 0.583. The molecule has 4 nitrogen and oxygen atoms in total. The number of likely N-dealkylation sites (tertiary alicyclic amines) is 1. The summed E-state index contributed by atoms with van der Waals surface area (Å²) in [6, 6.07) is 10.7. The van der Waals surface area contributed by atoms with Crippen molar-refractivity contribution in [1.82, 2.24) is 10.2 Å². The molecule has 3 atom stereocenters. The molecule has 1 saturated carbocycles. The van der Waals surface area contributed by atoms with Crippen molar-refractivity contribution in [3.8, 4) is 5.75 Å². The van der Waals surface area contributed by atoms with Crippen LogP contribution in [0.4, 0.5) is 0 Å². The Bertz CT molecular complexity index is 814. The topological polar surface area (TPSA) is 48.6 Å². The quantitative estimate of drug-likeness (QED) is 0.711. The molecule has 1 aliphatic heterocycles. The average Bonchev–Trinajstić information content (AvgIpc) is 3.35. The van der Waals surface area contributed by atoms with Gasteiger partial charge in [0.2, 0.25) is 0 Å². The first-order valence-corrected chi connectivity index (χ1v) is 11.0. The van der Waals surface area contributed by atoms with E-state index in [4.69, 9.17) is 4.42 Å². The van der Waals surface area contributed by atoms with Crippen molar-refractivity contribution in [3.05, 3.63) is 53.5 Å². The number of nitrogens with one attached hydrogen (secondary N) is 1. The number of aromatic hydroxyl groups is 1. The lowest BCUT2D eigenvalue weighted by Crippen LogP contribution is -2.59. The number of phenolic OH excluding ortho intramolecular Hbond substituents is 1. The summed E-state index contributed by atoms with van der Waals surface area (Å²) in [6.07, 6.45) is 8.01. The molecule has 0 spiro atoms. The summed E-state index contributed by atoms with van der Waals surface area (Å²) in [5, 5.41) is 13.8. The van der Waals surface area contributed by atoms with Crippen LogP contribution in [0.25, 0.3) is 0 Å². The largest absolute Gasteiger partial charge is 0.508 e. The van der Waals surface area contributed by atoms with Crippen molar-refractivity contribution in [3.63, 3.8) is 0 Å². The molecular formula is C24H32N2O2. The number of benzene rings is 1. The minimum absolute atomic E-state index is 0.160. The molecule has 28 heavy (non-hydrogen) atoms. The molecule has 2 N–H and O–H groups in total. The molecule has 1 aromatic carbocycles. The van der Waals surface area contributed by atoms with Gasteiger partial charge < -0.3 is 14.8 Å². The summed E-state index contributed by atoms with van der Waals surface area (Å²) in [4.78, 5) is 2.78. The van der Waals surface area contributed by atoms with Gasteiger partial charge in [-0.25, -0.2) is 0 Å². The van der Waals surface area contributed by atoms with Gasteiger partial charge in [-0.15, -0.1) is 0 Å². The molecule has 0 amide bonds. The van der Waals surface area contributed by atoms with Gasteiger partial charge in [-0.1, -0.05) is 13.0 Å². The fourth-order valence-electron chi connectivity index (χ4n) is 5.82. The molecule has 2 aliphatic carbocycles. The van der Waals surface area contributed by atoms with Crippen LogP contribution in [0, 0.1) is 11.8 Å². The SMILES string of the molecule is C[C@H]1[C@H]2Cc3ccc(O)cc3[C@@]1(CCNCc1ccco1)CCN2CC1CC1. The third-order valence-electron chi connectivity index (χ3n) is 7.64. The van der Waals surface area contributed by atoms with Gasteiger partial charge in [0.15, 0.2) is 0 Å². The van der Waals surface area contributed by atoms with E-state index in [-0.39, 0.29) is 5.41 Å². The van der Waals surface area contributed by atoms with Crippen molar-refractivity contribution in [2.45, 2.75) is 57.0 Å². The maximum atomic E-state index is 10.2. The van der Waals surface area contributed by atoms with E-state index in [1.54, 1.807) is 6.26 Å². The molecule has 4 heteroatoms. The van der Waals surface area contributed by atoms with Gasteiger partial charge in [0.1, 0.15) is 11.5 Å². The number of nitrogens with zero attached hydrogens (tertiary/aromatic N) is 1. The van der Waals surface area contributed by atoms with E-state index in [9.17, 15) is 5.11 Å². The van der Waals surface area contributed by atoms with Crippen LogP contribution in [0.15, 0.2) is 41.0 Å². The smallest absolute Gasteiger partial charge is 0.117 e. The van der Waals surface area contributed by atoms with Crippen LogP contribution < -0.4 is 5.32 Å². The summed E-state index contributed by atoms with van der Waals surface area (Å²) in [5.41, 5.74) is 3.02. The number of piperidine rings is 1. The van der Waals surface area contributed by atoms with Crippen molar-refractivity contribution in [1.29, 1.82) is 0 Å². The third kappa shape index (κ3) is 3.27. The number of hydrogen-bond acceptors (Lipinski definition) is 4. The second-order valence-corrected chi connectivity index (χ2v) is 9.25. The zero-order valence-corrected chi connectivity index (χ0v) is 16.9. The van der Waals surface area contributed by atoms with Crippen molar-refractivity contribution in [2.24, 2.45) is 11.8 Å². The molecule has 2 aromatic rings. The number of hydrogen-bond donors (Lipinski definition) is 2. The van der Waals surface area contributed by atoms with Crippen LogP contribution in [0.2, 0.25) is 0 Å². The second-order valence-electron chi connectivity index (χ2n) is 9.25. The molecule has 3 aliphatic rings. The molecular weight excluding hydrogens is 348 g/mol. The zero-order valence-electron chi connectivity index (χ0n) is 16.9. The Balaban J connectivity index is 1.38. The third-order valence-corrected chi connectivity index (χ3v) is 7.64. The first-order valence-electron chi connectivity index (χ1n) is 11.0. The predicted octanol–water partition coefficient (Wildman–Crippen LogP) is 4.08. The Morgan fingerprint density at radius 1 is 1.29 bits per heavy atom. The van der Waals surface area contributed by atoms with E-state index in [2.05, 4.69) is 29.3 Å². The highest BCUT2D eigenvalue weighted by Gasteiger charge is 2.51. The second kappa shape index (κ2) is 7.23. The van der Waals surface area contributed by atoms with E-state index >= 15 is 0 Å². The maximum Gasteiger partial charge on any atom is 0.117 e. The minimum Gasteiger partial charge on any atom is -0.508 e. The molecule has 0 unspecified atom stereocenters. The molecule has 2 fully saturated rings. The number of furan rings is 1. The first kappa shape index (κ1) is 18.3. The standard InChI is InChI=1S/C24H32N2O2/c1-17-23-13-19-6-7-20(27)14-22(19)24(17,9-11-26(23)16-18-4-5-18)8-10-25-15-21-3-2-12-28-21/h2-3,6-7,12,14,17-18,23,25,27H,4-5,8-11,13,15-16H2,1H3/t17-,23+,24-/m0/s1. The lowest BCUT2D eigenvalue weighted by Gasteiger charge is -2.56. The lowest BCUT2D eigenvalue weighted by atomic mass is 9.56. The highest BCUT2D eigenvalue weighted by atomic mass is 16.3.